The third kappa shape index (κ3) is 1.75. The summed E-state index contributed by atoms with van der Waals surface area (Å²) < 4.78 is 14.7. The molecule has 0 amide bonds. The number of hydrogen-bond donors (Lipinski definition) is 2. The van der Waals surface area contributed by atoms with E-state index in [-0.39, 0.29) is 0 Å². The quantitative estimate of drug-likeness (QED) is 0.563. The van der Waals surface area contributed by atoms with Crippen LogP contribution in [0.25, 0.3) is 0 Å². The first-order valence-electron chi connectivity index (χ1n) is 3.74. The highest BCUT2D eigenvalue weighted by Crippen LogP contribution is 2.21. The lowest BCUT2D eigenvalue weighted by molar-refractivity contribution is -0.134. The third-order valence-electron chi connectivity index (χ3n) is 1.91. The van der Waals surface area contributed by atoms with Crippen LogP contribution in [0.15, 0.2) is 0 Å². The predicted molar refractivity (Wildman–Crippen MR) is 39.6 cm³/mol. The molecule has 1 aliphatic heterocycles. The molecule has 4 atom stereocenters. The van der Waals surface area contributed by atoms with E-state index in [4.69, 9.17) is 19.3 Å². The topological polar surface area (TPSA) is 68.2 Å². The maximum atomic E-state index is 9.30. The fourth-order valence-electron chi connectivity index (χ4n) is 1.31. The van der Waals surface area contributed by atoms with Crippen LogP contribution in [0.2, 0.25) is 0 Å². The first kappa shape index (κ1) is 9.88. The number of rotatable bonds is 3. The highest BCUT2D eigenvalue weighted by molar-refractivity contribution is 4.86. The lowest BCUT2D eigenvalue weighted by atomic mass is 10.1. The van der Waals surface area contributed by atoms with Crippen LogP contribution >= 0.6 is 0 Å². The van der Waals surface area contributed by atoms with Crippen LogP contribution < -0.4 is 0 Å². The molecule has 1 saturated heterocycles. The van der Waals surface area contributed by atoms with Crippen molar-refractivity contribution < 1.29 is 24.4 Å². The molecule has 1 aliphatic rings. The lowest BCUT2D eigenvalue weighted by Crippen LogP contribution is -2.36. The van der Waals surface area contributed by atoms with Gasteiger partial charge < -0.3 is 24.4 Å². The molecular formula is C7H14O5. The summed E-state index contributed by atoms with van der Waals surface area (Å²) in [5, 5.41) is 18.4. The van der Waals surface area contributed by atoms with Crippen LogP contribution in [0.1, 0.15) is 0 Å². The maximum Gasteiger partial charge on any atom is 0.184 e. The van der Waals surface area contributed by atoms with Gasteiger partial charge in [-0.05, 0) is 0 Å². The van der Waals surface area contributed by atoms with Gasteiger partial charge in [-0.1, -0.05) is 0 Å². The van der Waals surface area contributed by atoms with E-state index in [1.165, 1.54) is 14.2 Å². The van der Waals surface area contributed by atoms with Gasteiger partial charge in [0, 0.05) is 14.2 Å². The van der Waals surface area contributed by atoms with Crippen LogP contribution in [-0.2, 0) is 14.2 Å². The largest absolute Gasteiger partial charge is 0.385 e. The predicted octanol–water partition coefficient (Wildman–Crippen LogP) is -1.27. The minimum atomic E-state index is -1.17. The molecule has 0 aromatic carbocycles. The molecule has 0 saturated carbocycles. The molecule has 5 heteroatoms. The van der Waals surface area contributed by atoms with E-state index < -0.39 is 24.6 Å². The van der Waals surface area contributed by atoms with Crippen molar-refractivity contribution in [1.29, 1.82) is 0 Å². The average Bonchev–Trinajstić information content (AvgIpc) is 2.29. The zero-order valence-electron chi connectivity index (χ0n) is 7.14. The summed E-state index contributed by atoms with van der Waals surface area (Å²) in [6.45, 7) is 0.298. The van der Waals surface area contributed by atoms with Gasteiger partial charge in [0.15, 0.2) is 6.29 Å². The summed E-state index contributed by atoms with van der Waals surface area (Å²) in [7, 11) is 2.98. The minimum Gasteiger partial charge on any atom is -0.385 e. The fourth-order valence-corrected chi connectivity index (χ4v) is 1.31. The molecule has 2 N–H and O–H groups in total. The van der Waals surface area contributed by atoms with Gasteiger partial charge in [-0.3, -0.25) is 0 Å². The van der Waals surface area contributed by atoms with E-state index >= 15 is 0 Å². The van der Waals surface area contributed by atoms with E-state index in [1.54, 1.807) is 0 Å². The van der Waals surface area contributed by atoms with Gasteiger partial charge in [0.05, 0.1) is 6.61 Å². The Kier molecular flexibility index (Phi) is 3.42. The van der Waals surface area contributed by atoms with E-state index in [1.807, 2.05) is 0 Å². The Bertz CT molecular complexity index is 140. The molecule has 0 bridgehead atoms. The van der Waals surface area contributed by atoms with Crippen molar-refractivity contribution in [1.82, 2.24) is 0 Å². The van der Waals surface area contributed by atoms with Crippen molar-refractivity contribution in [3.05, 3.63) is 0 Å². The zero-order chi connectivity index (χ0) is 9.14. The second-order valence-electron chi connectivity index (χ2n) is 2.71. The second-order valence-corrected chi connectivity index (χ2v) is 2.71. The second kappa shape index (κ2) is 4.15. The van der Waals surface area contributed by atoms with Gasteiger partial charge in [-0.2, -0.15) is 0 Å². The summed E-state index contributed by atoms with van der Waals surface area (Å²) in [6, 6.07) is 0. The van der Waals surface area contributed by atoms with Crippen LogP contribution in [0.5, 0.6) is 0 Å². The van der Waals surface area contributed by atoms with Crippen LogP contribution in [0.4, 0.5) is 0 Å². The Labute approximate surface area is 70.9 Å². The maximum absolute atomic E-state index is 9.30. The molecule has 5 nitrogen and oxygen atoms in total. The zero-order valence-corrected chi connectivity index (χ0v) is 7.14. The molecule has 0 unspecified atom stereocenters. The number of aliphatic hydroxyl groups is 2. The van der Waals surface area contributed by atoms with Gasteiger partial charge in [0.2, 0.25) is 0 Å². The lowest BCUT2D eigenvalue weighted by Gasteiger charge is -2.16. The first-order valence-corrected chi connectivity index (χ1v) is 3.74. The van der Waals surface area contributed by atoms with Gasteiger partial charge in [-0.15, -0.1) is 0 Å². The average molecular weight is 178 g/mol. The number of hydrogen-bond acceptors (Lipinski definition) is 5. The van der Waals surface area contributed by atoms with Gasteiger partial charge in [0.25, 0.3) is 0 Å². The monoisotopic (exact) mass is 178 g/mol. The van der Waals surface area contributed by atoms with Crippen molar-refractivity contribution in [2.45, 2.75) is 24.6 Å². The molecule has 12 heavy (non-hydrogen) atoms. The van der Waals surface area contributed by atoms with E-state index in [2.05, 4.69) is 0 Å². The summed E-state index contributed by atoms with van der Waals surface area (Å²) in [6.07, 6.45) is -3.07. The van der Waals surface area contributed by atoms with Crippen LogP contribution in [-0.4, -0.2) is 55.6 Å². The Morgan fingerprint density at radius 1 is 1.33 bits per heavy atom. The Hall–Kier alpha value is -0.200. The molecule has 1 fully saturated rings. The van der Waals surface area contributed by atoms with Crippen LogP contribution in [0.3, 0.4) is 0 Å². The van der Waals surface area contributed by atoms with Crippen molar-refractivity contribution >= 4 is 0 Å². The first-order chi connectivity index (χ1) is 5.70. The fraction of sp³-hybridized carbons (Fsp3) is 1.00. The molecule has 0 aromatic rings. The Balaban J connectivity index is 2.52. The summed E-state index contributed by atoms with van der Waals surface area (Å²) in [5.41, 5.74) is 0. The molecule has 0 aliphatic carbocycles. The molecule has 1 heterocycles. The number of ether oxygens (including phenoxy) is 3. The SMILES string of the molecule is COC[C@H]1O[C@H](O)[C@H](O)[C@H]1OC. The van der Waals surface area contributed by atoms with Crippen molar-refractivity contribution in [3.8, 4) is 0 Å². The highest BCUT2D eigenvalue weighted by atomic mass is 16.7. The molecule has 0 spiro atoms. The molecular weight excluding hydrogens is 164 g/mol. The Morgan fingerprint density at radius 2 is 2.00 bits per heavy atom. The summed E-state index contributed by atoms with van der Waals surface area (Å²) in [5.74, 6) is 0. The van der Waals surface area contributed by atoms with Gasteiger partial charge in [0.1, 0.15) is 18.3 Å². The van der Waals surface area contributed by atoms with Crippen molar-refractivity contribution in [2.24, 2.45) is 0 Å². The van der Waals surface area contributed by atoms with E-state index in [0.717, 1.165) is 0 Å². The third-order valence-corrected chi connectivity index (χ3v) is 1.91. The van der Waals surface area contributed by atoms with E-state index in [9.17, 15) is 5.11 Å². The number of aliphatic hydroxyl groups excluding tert-OH is 2. The molecule has 1 rings (SSSR count). The van der Waals surface area contributed by atoms with Crippen molar-refractivity contribution in [2.75, 3.05) is 20.8 Å². The Morgan fingerprint density at radius 3 is 2.50 bits per heavy atom. The van der Waals surface area contributed by atoms with E-state index in [0.29, 0.717) is 6.61 Å². The highest BCUT2D eigenvalue weighted by Gasteiger charge is 2.42. The smallest absolute Gasteiger partial charge is 0.184 e. The molecule has 0 radical (unpaired) electrons. The van der Waals surface area contributed by atoms with Crippen LogP contribution in [0, 0.1) is 0 Å². The minimum absolute atomic E-state index is 0.298. The number of methoxy groups -OCH3 is 2. The standard InChI is InChI=1S/C7H14O5/c1-10-3-4-6(11-2)5(8)7(9)12-4/h4-9H,3H2,1-2H3/t4-,5-,6+,7+/m1/s1. The van der Waals surface area contributed by atoms with Gasteiger partial charge >= 0.3 is 0 Å². The molecule has 72 valence electrons. The normalized spacial score (nSPS) is 42.0. The van der Waals surface area contributed by atoms with Crippen molar-refractivity contribution in [3.63, 3.8) is 0 Å². The van der Waals surface area contributed by atoms with Gasteiger partial charge in [-0.25, -0.2) is 0 Å². The molecule has 0 aromatic heterocycles. The summed E-state index contributed by atoms with van der Waals surface area (Å²) in [4.78, 5) is 0. The summed E-state index contributed by atoms with van der Waals surface area (Å²) >= 11 is 0.